The quantitative estimate of drug-likeness (QED) is 0.776. The van der Waals surface area contributed by atoms with E-state index in [9.17, 15) is 9.90 Å². The fourth-order valence-corrected chi connectivity index (χ4v) is 3.01. The maximum Gasteiger partial charge on any atom is 0.223 e. The smallest absolute Gasteiger partial charge is 0.223 e. The highest BCUT2D eigenvalue weighted by Crippen LogP contribution is 2.25. The van der Waals surface area contributed by atoms with Gasteiger partial charge in [0.1, 0.15) is 12.4 Å². The Bertz CT molecular complexity index is 717. The fraction of sp³-hybridized carbons (Fsp3) is 0.381. The molecule has 5 heteroatoms. The van der Waals surface area contributed by atoms with Crippen LogP contribution in [-0.4, -0.2) is 35.7 Å². The molecule has 0 saturated heterocycles. The summed E-state index contributed by atoms with van der Waals surface area (Å²) in [5, 5.41) is 9.30. The minimum atomic E-state index is -0.0139. The molecule has 0 unspecified atom stereocenters. The van der Waals surface area contributed by atoms with Crippen molar-refractivity contribution in [2.45, 2.75) is 32.6 Å². The van der Waals surface area contributed by atoms with E-state index in [1.54, 1.807) is 0 Å². The lowest BCUT2D eigenvalue weighted by Gasteiger charge is -2.20. The summed E-state index contributed by atoms with van der Waals surface area (Å²) in [6.07, 6.45) is 1.16. The van der Waals surface area contributed by atoms with E-state index in [2.05, 4.69) is 0 Å². The van der Waals surface area contributed by atoms with Gasteiger partial charge in [-0.3, -0.25) is 4.79 Å². The first kappa shape index (κ1) is 18.4. The average Bonchev–Trinajstić information content (AvgIpc) is 2.90. The molecule has 0 fully saturated rings. The number of hydrogen-bond acceptors (Lipinski definition) is 4. The van der Waals surface area contributed by atoms with Gasteiger partial charge in [-0.1, -0.05) is 36.4 Å². The minimum Gasteiger partial charge on any atom is -0.491 e. The molecular formula is C21H25NO4. The summed E-state index contributed by atoms with van der Waals surface area (Å²) in [5.74, 6) is 0.905. The first-order valence-corrected chi connectivity index (χ1v) is 9.01. The second kappa shape index (κ2) is 9.36. The van der Waals surface area contributed by atoms with Crippen LogP contribution >= 0.6 is 0 Å². The highest BCUT2D eigenvalue weighted by Gasteiger charge is 2.19. The normalized spacial score (nSPS) is 13.7. The third-order valence-corrected chi connectivity index (χ3v) is 4.43. The number of aliphatic hydroxyl groups excluding tert-OH is 1. The molecule has 26 heavy (non-hydrogen) atoms. The van der Waals surface area contributed by atoms with Crippen LogP contribution < -0.4 is 4.74 Å². The molecule has 3 rings (SSSR count). The Labute approximate surface area is 154 Å². The van der Waals surface area contributed by atoms with E-state index < -0.39 is 0 Å². The summed E-state index contributed by atoms with van der Waals surface area (Å²) >= 11 is 0. The number of benzene rings is 2. The van der Waals surface area contributed by atoms with Gasteiger partial charge in [-0.25, -0.2) is 0 Å². The van der Waals surface area contributed by atoms with Gasteiger partial charge in [0, 0.05) is 25.1 Å². The van der Waals surface area contributed by atoms with E-state index in [0.29, 0.717) is 45.8 Å². The molecule has 0 saturated carbocycles. The summed E-state index contributed by atoms with van der Waals surface area (Å²) in [5.41, 5.74) is 2.92. The van der Waals surface area contributed by atoms with Crippen LogP contribution in [0.1, 0.15) is 29.5 Å². The molecule has 0 bridgehead atoms. The molecule has 0 spiro atoms. The first-order chi connectivity index (χ1) is 12.8. The molecule has 2 aromatic rings. The van der Waals surface area contributed by atoms with Crippen LogP contribution in [0.3, 0.4) is 0 Å². The standard InChI is InChI=1S/C21H25NO4/c23-15-18-8-9-20-19(13-18)14-22(10-12-26-20)21(24)7-4-11-25-16-17-5-2-1-3-6-17/h1-3,5-6,8-9,13,23H,4,7,10-12,14-16H2. The number of nitrogens with zero attached hydrogens (tertiary/aromatic N) is 1. The molecule has 0 atom stereocenters. The number of carbonyl (C=O) groups is 1. The Morgan fingerprint density at radius 2 is 2.00 bits per heavy atom. The van der Waals surface area contributed by atoms with Gasteiger partial charge in [0.2, 0.25) is 5.91 Å². The summed E-state index contributed by atoms with van der Waals surface area (Å²) in [6.45, 7) is 2.71. The molecule has 5 nitrogen and oxygen atoms in total. The van der Waals surface area contributed by atoms with Gasteiger partial charge in [-0.05, 0) is 29.7 Å². The van der Waals surface area contributed by atoms with Crippen molar-refractivity contribution < 1.29 is 19.4 Å². The zero-order chi connectivity index (χ0) is 18.2. The molecule has 138 valence electrons. The Morgan fingerprint density at radius 1 is 1.15 bits per heavy atom. The maximum absolute atomic E-state index is 12.5. The predicted octanol–water partition coefficient (Wildman–Crippen LogP) is 2.90. The summed E-state index contributed by atoms with van der Waals surface area (Å²) in [6, 6.07) is 15.6. The number of hydrogen-bond donors (Lipinski definition) is 1. The molecule has 1 heterocycles. The van der Waals surface area contributed by atoms with Gasteiger partial charge in [-0.2, -0.15) is 0 Å². The molecule has 1 amide bonds. The lowest BCUT2D eigenvalue weighted by molar-refractivity contribution is -0.132. The number of amides is 1. The third-order valence-electron chi connectivity index (χ3n) is 4.43. The zero-order valence-electron chi connectivity index (χ0n) is 14.9. The van der Waals surface area contributed by atoms with Crippen molar-refractivity contribution in [1.82, 2.24) is 4.90 Å². The number of carbonyl (C=O) groups excluding carboxylic acids is 1. The third kappa shape index (κ3) is 5.07. The van der Waals surface area contributed by atoms with Crippen molar-refractivity contribution in [3.63, 3.8) is 0 Å². The molecule has 0 aliphatic carbocycles. The number of ether oxygens (including phenoxy) is 2. The monoisotopic (exact) mass is 355 g/mol. The Morgan fingerprint density at radius 3 is 2.81 bits per heavy atom. The Hall–Kier alpha value is -2.37. The maximum atomic E-state index is 12.5. The lowest BCUT2D eigenvalue weighted by Crippen LogP contribution is -2.32. The second-order valence-electron chi connectivity index (χ2n) is 6.41. The van der Waals surface area contributed by atoms with Crippen LogP contribution in [-0.2, 0) is 29.3 Å². The largest absolute Gasteiger partial charge is 0.491 e. The van der Waals surface area contributed by atoms with Gasteiger partial charge in [-0.15, -0.1) is 0 Å². The van der Waals surface area contributed by atoms with Crippen LogP contribution in [0.4, 0.5) is 0 Å². The van der Waals surface area contributed by atoms with Crippen molar-refractivity contribution in [3.8, 4) is 5.75 Å². The van der Waals surface area contributed by atoms with E-state index >= 15 is 0 Å². The minimum absolute atomic E-state index is 0.0139. The fourth-order valence-electron chi connectivity index (χ4n) is 3.01. The summed E-state index contributed by atoms with van der Waals surface area (Å²) in [7, 11) is 0. The molecular weight excluding hydrogens is 330 g/mol. The van der Waals surface area contributed by atoms with Crippen LogP contribution in [0.2, 0.25) is 0 Å². The van der Waals surface area contributed by atoms with E-state index in [4.69, 9.17) is 9.47 Å². The lowest BCUT2D eigenvalue weighted by atomic mass is 10.1. The van der Waals surface area contributed by atoms with Crippen LogP contribution in [0.15, 0.2) is 48.5 Å². The molecule has 1 N–H and O–H groups in total. The van der Waals surface area contributed by atoms with Crippen LogP contribution in [0, 0.1) is 0 Å². The molecule has 0 radical (unpaired) electrons. The van der Waals surface area contributed by atoms with Gasteiger partial charge in [0.15, 0.2) is 0 Å². The van der Waals surface area contributed by atoms with Crippen molar-refractivity contribution in [2.24, 2.45) is 0 Å². The second-order valence-corrected chi connectivity index (χ2v) is 6.41. The SMILES string of the molecule is O=C(CCCOCc1ccccc1)N1CCOc2ccc(CO)cc2C1. The number of aliphatic hydroxyl groups is 1. The average molecular weight is 355 g/mol. The molecule has 1 aliphatic heterocycles. The summed E-state index contributed by atoms with van der Waals surface area (Å²) in [4.78, 5) is 14.3. The number of fused-ring (bicyclic) bond motifs is 1. The van der Waals surface area contributed by atoms with Gasteiger partial charge >= 0.3 is 0 Å². The molecule has 0 aromatic heterocycles. The number of rotatable bonds is 7. The van der Waals surface area contributed by atoms with E-state index in [0.717, 1.165) is 22.4 Å². The van der Waals surface area contributed by atoms with Crippen molar-refractivity contribution in [1.29, 1.82) is 0 Å². The van der Waals surface area contributed by atoms with E-state index in [-0.39, 0.29) is 12.5 Å². The van der Waals surface area contributed by atoms with Gasteiger partial charge < -0.3 is 19.5 Å². The van der Waals surface area contributed by atoms with Gasteiger partial charge in [0.25, 0.3) is 0 Å². The first-order valence-electron chi connectivity index (χ1n) is 9.01. The topological polar surface area (TPSA) is 59.0 Å². The van der Waals surface area contributed by atoms with Crippen molar-refractivity contribution in [2.75, 3.05) is 19.8 Å². The predicted molar refractivity (Wildman–Crippen MR) is 98.6 cm³/mol. The zero-order valence-corrected chi connectivity index (χ0v) is 14.9. The Balaban J connectivity index is 1.45. The highest BCUT2D eigenvalue weighted by atomic mass is 16.5. The summed E-state index contributed by atoms with van der Waals surface area (Å²) < 4.78 is 11.4. The van der Waals surface area contributed by atoms with E-state index in [1.165, 1.54) is 0 Å². The van der Waals surface area contributed by atoms with Gasteiger partial charge in [0.05, 0.1) is 19.8 Å². The Kier molecular flexibility index (Phi) is 6.63. The van der Waals surface area contributed by atoms with Crippen molar-refractivity contribution >= 4 is 5.91 Å². The van der Waals surface area contributed by atoms with E-state index in [1.807, 2.05) is 53.4 Å². The molecule has 2 aromatic carbocycles. The van der Waals surface area contributed by atoms with Crippen molar-refractivity contribution in [3.05, 3.63) is 65.2 Å². The highest BCUT2D eigenvalue weighted by molar-refractivity contribution is 5.76. The molecule has 1 aliphatic rings. The van der Waals surface area contributed by atoms with Crippen LogP contribution in [0.25, 0.3) is 0 Å². The van der Waals surface area contributed by atoms with Crippen LogP contribution in [0.5, 0.6) is 5.75 Å².